The van der Waals surface area contributed by atoms with Crippen LogP contribution in [0.4, 0.5) is 10.1 Å². The molecule has 0 bridgehead atoms. The monoisotopic (exact) mass is 208 g/mol. The Bertz CT molecular complexity index is 386. The molecule has 2 rings (SSSR count). The summed E-state index contributed by atoms with van der Waals surface area (Å²) in [6.07, 6.45) is 0.800. The summed E-state index contributed by atoms with van der Waals surface area (Å²) in [6, 6.07) is 3.92. The molecule has 1 heterocycles. The van der Waals surface area contributed by atoms with Crippen LogP contribution >= 0.6 is 0 Å². The van der Waals surface area contributed by atoms with Gasteiger partial charge in [-0.25, -0.2) is 4.39 Å². The maximum absolute atomic E-state index is 13.0. The predicted octanol–water partition coefficient (Wildman–Crippen LogP) is 1.20. The molecule has 0 aliphatic carbocycles. The molecule has 1 atom stereocenters. The molecule has 0 saturated carbocycles. The Morgan fingerprint density at radius 2 is 2.33 bits per heavy atom. The quantitative estimate of drug-likeness (QED) is 0.567. The van der Waals surface area contributed by atoms with E-state index >= 15 is 0 Å². The van der Waals surface area contributed by atoms with Crippen molar-refractivity contribution < 1.29 is 9.18 Å². The molecule has 1 fully saturated rings. The zero-order valence-electron chi connectivity index (χ0n) is 8.29. The molecular formula is C11H13FN2O. The van der Waals surface area contributed by atoms with E-state index in [1.54, 1.807) is 0 Å². The van der Waals surface area contributed by atoms with E-state index in [1.165, 1.54) is 18.2 Å². The Labute approximate surface area is 87.5 Å². The summed E-state index contributed by atoms with van der Waals surface area (Å²) in [4.78, 5) is 11.9. The van der Waals surface area contributed by atoms with Crippen LogP contribution in [-0.4, -0.2) is 18.9 Å². The Balaban J connectivity index is 2.27. The van der Waals surface area contributed by atoms with Gasteiger partial charge in [-0.2, -0.15) is 0 Å². The zero-order chi connectivity index (χ0) is 10.8. The van der Waals surface area contributed by atoms with Crippen LogP contribution in [0.25, 0.3) is 0 Å². The molecule has 1 unspecified atom stereocenters. The predicted molar refractivity (Wildman–Crippen MR) is 56.1 cm³/mol. The Kier molecular flexibility index (Phi) is 2.68. The van der Waals surface area contributed by atoms with Crippen molar-refractivity contribution in [3.63, 3.8) is 0 Å². The van der Waals surface area contributed by atoms with Crippen LogP contribution in [0.5, 0.6) is 0 Å². The molecule has 15 heavy (non-hydrogen) atoms. The molecule has 4 heteroatoms. The second-order valence-corrected chi connectivity index (χ2v) is 3.79. The van der Waals surface area contributed by atoms with Crippen LogP contribution in [-0.2, 0) is 0 Å². The van der Waals surface area contributed by atoms with Crippen molar-refractivity contribution in [3.8, 4) is 0 Å². The highest BCUT2D eigenvalue weighted by Crippen LogP contribution is 2.20. The summed E-state index contributed by atoms with van der Waals surface area (Å²) >= 11 is 0. The third kappa shape index (κ3) is 1.99. The molecule has 1 aromatic rings. The largest absolute Gasteiger partial charge is 0.398 e. The van der Waals surface area contributed by atoms with Crippen molar-refractivity contribution in [2.24, 2.45) is 5.92 Å². The van der Waals surface area contributed by atoms with Crippen LogP contribution in [0.2, 0.25) is 0 Å². The standard InChI is InChI=1S/C11H13FN2O/c12-8-1-2-10(13)9(5-8)11(15)7-3-4-14-6-7/h1-2,5,7,14H,3-4,6,13H2. The average Bonchev–Trinajstić information content (AvgIpc) is 2.74. The topological polar surface area (TPSA) is 55.1 Å². The van der Waals surface area contributed by atoms with Crippen LogP contribution in [0.1, 0.15) is 16.8 Å². The van der Waals surface area contributed by atoms with Gasteiger partial charge in [0, 0.05) is 23.7 Å². The number of anilines is 1. The Morgan fingerprint density at radius 1 is 1.53 bits per heavy atom. The molecule has 0 amide bonds. The SMILES string of the molecule is Nc1ccc(F)cc1C(=O)C1CCNC1. The van der Waals surface area contributed by atoms with Crippen molar-refractivity contribution in [2.45, 2.75) is 6.42 Å². The number of hydrogen-bond donors (Lipinski definition) is 2. The Hall–Kier alpha value is -1.42. The van der Waals surface area contributed by atoms with E-state index in [0.717, 1.165) is 13.0 Å². The minimum Gasteiger partial charge on any atom is -0.398 e. The first kappa shape index (κ1) is 10.1. The number of rotatable bonds is 2. The second kappa shape index (κ2) is 3.98. The van der Waals surface area contributed by atoms with Crippen LogP contribution in [0.3, 0.4) is 0 Å². The van der Waals surface area contributed by atoms with Gasteiger partial charge in [0.15, 0.2) is 5.78 Å². The fourth-order valence-corrected chi connectivity index (χ4v) is 1.84. The van der Waals surface area contributed by atoms with Crippen LogP contribution in [0, 0.1) is 11.7 Å². The lowest BCUT2D eigenvalue weighted by atomic mass is 9.96. The maximum atomic E-state index is 13.0. The minimum atomic E-state index is -0.418. The number of hydrogen-bond acceptors (Lipinski definition) is 3. The summed E-state index contributed by atoms with van der Waals surface area (Å²) in [5, 5.41) is 3.10. The van der Waals surface area contributed by atoms with E-state index < -0.39 is 5.82 Å². The number of nitrogens with one attached hydrogen (secondary N) is 1. The van der Waals surface area contributed by atoms with E-state index in [1.807, 2.05) is 0 Å². The van der Waals surface area contributed by atoms with Gasteiger partial charge in [0.1, 0.15) is 5.82 Å². The summed E-state index contributed by atoms with van der Waals surface area (Å²) in [6.45, 7) is 1.50. The first-order chi connectivity index (χ1) is 7.18. The summed E-state index contributed by atoms with van der Waals surface area (Å²) in [5.74, 6) is -0.537. The van der Waals surface area contributed by atoms with Crippen molar-refractivity contribution in [1.29, 1.82) is 0 Å². The number of carbonyl (C=O) groups is 1. The third-order valence-corrected chi connectivity index (χ3v) is 2.71. The maximum Gasteiger partial charge on any atom is 0.169 e. The molecule has 80 valence electrons. The number of benzene rings is 1. The number of ketones is 1. The van der Waals surface area contributed by atoms with Crippen LogP contribution < -0.4 is 11.1 Å². The van der Waals surface area contributed by atoms with Crippen molar-refractivity contribution >= 4 is 11.5 Å². The molecule has 0 radical (unpaired) electrons. The van der Waals surface area contributed by atoms with Gasteiger partial charge in [-0.1, -0.05) is 0 Å². The lowest BCUT2D eigenvalue weighted by Crippen LogP contribution is -2.19. The van der Waals surface area contributed by atoms with E-state index in [2.05, 4.69) is 5.32 Å². The molecule has 0 aromatic heterocycles. The van der Waals surface area contributed by atoms with Crippen molar-refractivity contribution in [3.05, 3.63) is 29.6 Å². The van der Waals surface area contributed by atoms with E-state index in [4.69, 9.17) is 5.73 Å². The highest BCUT2D eigenvalue weighted by atomic mass is 19.1. The van der Waals surface area contributed by atoms with Crippen molar-refractivity contribution in [1.82, 2.24) is 5.32 Å². The van der Waals surface area contributed by atoms with E-state index in [9.17, 15) is 9.18 Å². The molecule has 3 nitrogen and oxygen atoms in total. The molecule has 1 aliphatic heterocycles. The van der Waals surface area contributed by atoms with E-state index in [-0.39, 0.29) is 11.7 Å². The number of nitrogens with two attached hydrogens (primary N) is 1. The van der Waals surface area contributed by atoms with Gasteiger partial charge in [0.25, 0.3) is 0 Å². The van der Waals surface area contributed by atoms with Gasteiger partial charge >= 0.3 is 0 Å². The summed E-state index contributed by atoms with van der Waals surface area (Å²) in [7, 11) is 0. The van der Waals surface area contributed by atoms with Crippen LogP contribution in [0.15, 0.2) is 18.2 Å². The fourth-order valence-electron chi connectivity index (χ4n) is 1.84. The third-order valence-electron chi connectivity index (χ3n) is 2.71. The lowest BCUT2D eigenvalue weighted by molar-refractivity contribution is 0.0931. The highest BCUT2D eigenvalue weighted by molar-refractivity contribution is 6.02. The molecule has 3 N–H and O–H groups in total. The molecule has 1 aliphatic rings. The molecule has 1 saturated heterocycles. The number of halogens is 1. The highest BCUT2D eigenvalue weighted by Gasteiger charge is 2.25. The average molecular weight is 208 g/mol. The number of nitrogen functional groups attached to an aromatic ring is 1. The lowest BCUT2D eigenvalue weighted by Gasteiger charge is -2.09. The van der Waals surface area contributed by atoms with Crippen molar-refractivity contribution in [2.75, 3.05) is 18.8 Å². The summed E-state index contributed by atoms with van der Waals surface area (Å²) in [5.41, 5.74) is 6.31. The van der Waals surface area contributed by atoms with Gasteiger partial charge in [-0.3, -0.25) is 4.79 Å². The van der Waals surface area contributed by atoms with Gasteiger partial charge in [0.05, 0.1) is 0 Å². The van der Waals surface area contributed by atoms with Gasteiger partial charge in [-0.15, -0.1) is 0 Å². The number of Topliss-reactive ketones (excluding diaryl/α,β-unsaturated/α-hetero) is 1. The summed E-state index contributed by atoms with van der Waals surface area (Å²) < 4.78 is 13.0. The molecule has 0 spiro atoms. The molecule has 1 aromatic carbocycles. The second-order valence-electron chi connectivity index (χ2n) is 3.79. The van der Waals surface area contributed by atoms with Gasteiger partial charge in [-0.05, 0) is 31.2 Å². The Morgan fingerprint density at radius 3 is 3.00 bits per heavy atom. The van der Waals surface area contributed by atoms with Gasteiger partial charge < -0.3 is 11.1 Å². The van der Waals surface area contributed by atoms with Gasteiger partial charge in [0.2, 0.25) is 0 Å². The normalized spacial score (nSPS) is 20.5. The first-order valence-electron chi connectivity index (χ1n) is 4.98. The minimum absolute atomic E-state index is 0.0583. The molecular weight excluding hydrogens is 195 g/mol. The first-order valence-corrected chi connectivity index (χ1v) is 4.98. The fraction of sp³-hybridized carbons (Fsp3) is 0.364. The van der Waals surface area contributed by atoms with E-state index in [0.29, 0.717) is 17.8 Å². The zero-order valence-corrected chi connectivity index (χ0v) is 8.29. The smallest absolute Gasteiger partial charge is 0.169 e. The number of carbonyl (C=O) groups excluding carboxylic acids is 1.